The summed E-state index contributed by atoms with van der Waals surface area (Å²) in [4.78, 5) is 0. The highest BCUT2D eigenvalue weighted by Gasteiger charge is 1.99. The third kappa shape index (κ3) is 3.38. The average Bonchev–Trinajstić information content (AvgIpc) is 2.03. The van der Waals surface area contributed by atoms with Gasteiger partial charge in [0.2, 0.25) is 0 Å². The molecule has 1 unspecified atom stereocenters. The van der Waals surface area contributed by atoms with E-state index in [9.17, 15) is 0 Å². The van der Waals surface area contributed by atoms with Crippen LogP contribution in [0.2, 0.25) is 0 Å². The van der Waals surface area contributed by atoms with Gasteiger partial charge in [0, 0.05) is 0 Å². The molecule has 0 fully saturated rings. The summed E-state index contributed by atoms with van der Waals surface area (Å²) in [5.41, 5.74) is 1.39. The lowest BCUT2D eigenvalue weighted by Crippen LogP contribution is -1.94. The minimum atomic E-state index is -0.308. The molecule has 0 saturated heterocycles. The molecule has 1 nitrogen and oxygen atoms in total. The summed E-state index contributed by atoms with van der Waals surface area (Å²) in [5, 5.41) is 8.97. The van der Waals surface area contributed by atoms with Crippen LogP contribution < -0.4 is 0 Å². The van der Waals surface area contributed by atoms with Crippen LogP contribution in [-0.2, 0) is 0 Å². The van der Waals surface area contributed by atoms with Crippen molar-refractivity contribution in [3.8, 4) is 0 Å². The van der Waals surface area contributed by atoms with E-state index in [4.69, 9.17) is 5.11 Å². The quantitative estimate of drug-likeness (QED) is 0.644. The van der Waals surface area contributed by atoms with Crippen molar-refractivity contribution < 1.29 is 5.11 Å². The second-order valence-corrected chi connectivity index (χ2v) is 3.12. The zero-order valence-corrected chi connectivity index (χ0v) is 7.09. The van der Waals surface area contributed by atoms with Crippen LogP contribution in [0, 0.1) is 0 Å². The molecule has 62 valence electrons. The lowest BCUT2D eigenvalue weighted by atomic mass is 9.99. The summed E-state index contributed by atoms with van der Waals surface area (Å²) in [5.74, 6) is 0. The van der Waals surface area contributed by atoms with Crippen LogP contribution in [0.5, 0.6) is 0 Å². The van der Waals surface area contributed by atoms with Crippen LogP contribution in [0.3, 0.4) is 0 Å². The standard InChI is InChI=1S/C10H16O/c1-9(11)7-8-10-5-3-2-4-6-10/h5,7-9,11H,2-4,6H2,1H3/b8-7+. The SMILES string of the molecule is CC(O)/C=C/C1=CCCCC1. The van der Waals surface area contributed by atoms with Crippen LogP contribution in [0.4, 0.5) is 0 Å². The fraction of sp³-hybridized carbons (Fsp3) is 0.600. The van der Waals surface area contributed by atoms with E-state index in [1.165, 1.54) is 31.3 Å². The molecule has 0 saturated carbocycles. The second kappa shape index (κ2) is 4.35. The highest BCUT2D eigenvalue weighted by molar-refractivity contribution is 5.20. The van der Waals surface area contributed by atoms with Crippen molar-refractivity contribution in [3.05, 3.63) is 23.8 Å². The summed E-state index contributed by atoms with van der Waals surface area (Å²) in [6.07, 6.45) is 10.9. The van der Waals surface area contributed by atoms with Crippen molar-refractivity contribution in [2.45, 2.75) is 38.7 Å². The van der Waals surface area contributed by atoms with Gasteiger partial charge in [-0.05, 0) is 32.6 Å². The molecule has 1 rings (SSSR count). The lowest BCUT2D eigenvalue weighted by molar-refractivity contribution is 0.244. The van der Waals surface area contributed by atoms with Gasteiger partial charge in [0.15, 0.2) is 0 Å². The molecule has 0 aromatic rings. The fourth-order valence-corrected chi connectivity index (χ4v) is 1.28. The van der Waals surface area contributed by atoms with Gasteiger partial charge in [-0.2, -0.15) is 0 Å². The number of hydrogen-bond acceptors (Lipinski definition) is 1. The largest absolute Gasteiger partial charge is 0.389 e. The Labute approximate surface area is 68.4 Å². The Kier molecular flexibility index (Phi) is 3.37. The Balaban J connectivity index is 2.41. The highest BCUT2D eigenvalue weighted by Crippen LogP contribution is 2.18. The van der Waals surface area contributed by atoms with Crippen molar-refractivity contribution in [2.75, 3.05) is 0 Å². The molecule has 1 aliphatic rings. The van der Waals surface area contributed by atoms with Gasteiger partial charge in [-0.3, -0.25) is 0 Å². The van der Waals surface area contributed by atoms with Crippen LogP contribution >= 0.6 is 0 Å². The highest BCUT2D eigenvalue weighted by atomic mass is 16.3. The normalized spacial score (nSPS) is 21.8. The maximum absolute atomic E-state index is 8.97. The van der Waals surface area contributed by atoms with Gasteiger partial charge < -0.3 is 5.11 Å². The van der Waals surface area contributed by atoms with Gasteiger partial charge in [0.05, 0.1) is 6.10 Å². The zero-order valence-electron chi connectivity index (χ0n) is 7.09. The van der Waals surface area contributed by atoms with Crippen LogP contribution in [-0.4, -0.2) is 11.2 Å². The molecule has 0 aromatic heterocycles. The van der Waals surface area contributed by atoms with E-state index in [1.54, 1.807) is 6.92 Å². The van der Waals surface area contributed by atoms with E-state index in [2.05, 4.69) is 6.08 Å². The maximum Gasteiger partial charge on any atom is 0.0695 e. The first kappa shape index (κ1) is 8.54. The molecule has 1 atom stereocenters. The predicted molar refractivity (Wildman–Crippen MR) is 47.4 cm³/mol. The van der Waals surface area contributed by atoms with E-state index in [-0.39, 0.29) is 6.10 Å². The number of aliphatic hydroxyl groups excluding tert-OH is 1. The van der Waals surface area contributed by atoms with Gasteiger partial charge in [-0.25, -0.2) is 0 Å². The van der Waals surface area contributed by atoms with Gasteiger partial charge in [-0.1, -0.05) is 23.8 Å². The van der Waals surface area contributed by atoms with Crippen molar-refractivity contribution >= 4 is 0 Å². The summed E-state index contributed by atoms with van der Waals surface area (Å²) < 4.78 is 0. The van der Waals surface area contributed by atoms with Crippen LogP contribution in [0.15, 0.2) is 23.8 Å². The van der Waals surface area contributed by atoms with Gasteiger partial charge >= 0.3 is 0 Å². The van der Waals surface area contributed by atoms with Crippen molar-refractivity contribution in [2.24, 2.45) is 0 Å². The average molecular weight is 152 g/mol. The predicted octanol–water partition coefficient (Wildman–Crippen LogP) is 2.42. The molecule has 0 radical (unpaired) electrons. The van der Waals surface area contributed by atoms with Crippen LogP contribution in [0.1, 0.15) is 32.6 Å². The Morgan fingerprint density at radius 1 is 1.55 bits per heavy atom. The first-order valence-corrected chi connectivity index (χ1v) is 4.34. The Morgan fingerprint density at radius 2 is 2.36 bits per heavy atom. The number of hydrogen-bond donors (Lipinski definition) is 1. The minimum absolute atomic E-state index is 0.308. The van der Waals surface area contributed by atoms with E-state index in [1.807, 2.05) is 12.2 Å². The van der Waals surface area contributed by atoms with Crippen molar-refractivity contribution in [1.82, 2.24) is 0 Å². The van der Waals surface area contributed by atoms with E-state index in [0.717, 1.165) is 0 Å². The zero-order chi connectivity index (χ0) is 8.10. The third-order valence-electron chi connectivity index (χ3n) is 1.91. The summed E-state index contributed by atoms with van der Waals surface area (Å²) >= 11 is 0. The first-order valence-electron chi connectivity index (χ1n) is 4.34. The number of aliphatic hydroxyl groups is 1. The fourth-order valence-electron chi connectivity index (χ4n) is 1.28. The van der Waals surface area contributed by atoms with Gasteiger partial charge in [0.1, 0.15) is 0 Å². The molecule has 0 amide bonds. The van der Waals surface area contributed by atoms with E-state index >= 15 is 0 Å². The van der Waals surface area contributed by atoms with E-state index in [0.29, 0.717) is 0 Å². The first-order chi connectivity index (χ1) is 5.29. The summed E-state index contributed by atoms with van der Waals surface area (Å²) in [7, 11) is 0. The Bertz CT molecular complexity index is 166. The molecular formula is C10H16O. The summed E-state index contributed by atoms with van der Waals surface area (Å²) in [6, 6.07) is 0. The lowest BCUT2D eigenvalue weighted by Gasteiger charge is -2.08. The Hall–Kier alpha value is -0.560. The maximum atomic E-state index is 8.97. The molecule has 0 aliphatic heterocycles. The second-order valence-electron chi connectivity index (χ2n) is 3.12. The van der Waals surface area contributed by atoms with Gasteiger partial charge in [-0.15, -0.1) is 0 Å². The Morgan fingerprint density at radius 3 is 2.91 bits per heavy atom. The molecule has 0 aromatic carbocycles. The molecule has 1 heteroatoms. The van der Waals surface area contributed by atoms with Gasteiger partial charge in [0.25, 0.3) is 0 Å². The third-order valence-corrected chi connectivity index (χ3v) is 1.91. The molecule has 1 aliphatic carbocycles. The number of allylic oxidation sites excluding steroid dienone is 3. The summed E-state index contributed by atoms with van der Waals surface area (Å²) in [6.45, 7) is 1.78. The topological polar surface area (TPSA) is 20.2 Å². The van der Waals surface area contributed by atoms with Crippen molar-refractivity contribution in [1.29, 1.82) is 0 Å². The molecule has 0 spiro atoms. The molecule has 11 heavy (non-hydrogen) atoms. The smallest absolute Gasteiger partial charge is 0.0695 e. The van der Waals surface area contributed by atoms with Crippen LogP contribution in [0.25, 0.3) is 0 Å². The van der Waals surface area contributed by atoms with E-state index < -0.39 is 0 Å². The van der Waals surface area contributed by atoms with Crippen molar-refractivity contribution in [3.63, 3.8) is 0 Å². The molecular weight excluding hydrogens is 136 g/mol. The molecule has 0 bridgehead atoms. The molecule has 1 N–H and O–H groups in total. The monoisotopic (exact) mass is 152 g/mol. The number of rotatable bonds is 2. The molecule has 0 heterocycles. The minimum Gasteiger partial charge on any atom is -0.389 e.